The van der Waals surface area contributed by atoms with Gasteiger partial charge in [0.05, 0.1) is 18.8 Å². The molecule has 0 unspecified atom stereocenters. The minimum atomic E-state index is -0.0230. The molecule has 1 aromatic carbocycles. The van der Waals surface area contributed by atoms with Crippen LogP contribution in [0.2, 0.25) is 0 Å². The molecule has 1 aliphatic heterocycles. The fraction of sp³-hybridized carbons (Fsp3) is 0.143. The fourth-order valence-electron chi connectivity index (χ4n) is 2.66. The predicted octanol–water partition coefficient (Wildman–Crippen LogP) is 1.63. The van der Waals surface area contributed by atoms with E-state index in [9.17, 15) is 4.79 Å². The van der Waals surface area contributed by atoms with Gasteiger partial charge in [-0.1, -0.05) is 18.2 Å². The lowest BCUT2D eigenvalue weighted by atomic mass is 10.2. The maximum absolute atomic E-state index is 12.5. The van der Waals surface area contributed by atoms with E-state index in [4.69, 9.17) is 5.73 Å². The normalized spacial score (nSPS) is 13.9. The average Bonchev–Trinajstić information content (AvgIpc) is 3.13. The minimum absolute atomic E-state index is 0.0230. The van der Waals surface area contributed by atoms with Gasteiger partial charge in [-0.3, -0.25) is 9.89 Å². The Morgan fingerprint density at radius 3 is 2.95 bits per heavy atom. The van der Waals surface area contributed by atoms with Gasteiger partial charge in [0.1, 0.15) is 5.69 Å². The van der Waals surface area contributed by atoms with Crippen LogP contribution < -0.4 is 5.73 Å². The van der Waals surface area contributed by atoms with Crippen molar-refractivity contribution >= 4 is 22.6 Å². The molecular formula is C14H13N5O. The molecule has 6 nitrogen and oxygen atoms in total. The highest BCUT2D eigenvalue weighted by Gasteiger charge is 2.28. The Bertz CT molecular complexity index is 783. The van der Waals surface area contributed by atoms with E-state index < -0.39 is 0 Å². The van der Waals surface area contributed by atoms with Crippen molar-refractivity contribution in [1.29, 1.82) is 0 Å². The third kappa shape index (κ3) is 1.51. The number of rotatable bonds is 1. The van der Waals surface area contributed by atoms with E-state index in [2.05, 4.69) is 15.2 Å². The van der Waals surface area contributed by atoms with Crippen molar-refractivity contribution in [1.82, 2.24) is 20.1 Å². The molecule has 1 amide bonds. The Hall–Kier alpha value is -2.76. The number of H-pyrrole nitrogens is 2. The van der Waals surface area contributed by atoms with Crippen LogP contribution in [0.25, 0.3) is 10.9 Å². The molecule has 3 heterocycles. The maximum Gasteiger partial charge on any atom is 0.270 e. The second-order valence-electron chi connectivity index (χ2n) is 5.00. The van der Waals surface area contributed by atoms with Gasteiger partial charge in [-0.2, -0.15) is 5.10 Å². The molecule has 0 saturated carbocycles. The number of nitrogens with two attached hydrogens (primary N) is 1. The Labute approximate surface area is 114 Å². The number of hydrogen-bond donors (Lipinski definition) is 3. The largest absolute Gasteiger partial charge is 0.382 e. The van der Waals surface area contributed by atoms with Gasteiger partial charge in [-0.05, 0) is 12.1 Å². The summed E-state index contributed by atoms with van der Waals surface area (Å²) in [6.45, 7) is 1.03. The first-order valence-electron chi connectivity index (χ1n) is 6.41. The first kappa shape index (κ1) is 11.1. The van der Waals surface area contributed by atoms with Crippen LogP contribution in [0.15, 0.2) is 30.3 Å². The molecular weight excluding hydrogens is 254 g/mol. The summed E-state index contributed by atoms with van der Waals surface area (Å²) in [6.07, 6.45) is 0. The van der Waals surface area contributed by atoms with Crippen molar-refractivity contribution in [3.8, 4) is 0 Å². The van der Waals surface area contributed by atoms with E-state index in [0.717, 1.165) is 22.2 Å². The second kappa shape index (κ2) is 3.86. The van der Waals surface area contributed by atoms with Gasteiger partial charge in [0.15, 0.2) is 5.82 Å². The van der Waals surface area contributed by atoms with E-state index in [0.29, 0.717) is 24.6 Å². The highest BCUT2D eigenvalue weighted by molar-refractivity contribution is 5.98. The molecule has 3 aromatic rings. The zero-order valence-corrected chi connectivity index (χ0v) is 10.7. The van der Waals surface area contributed by atoms with Crippen LogP contribution in [0.3, 0.4) is 0 Å². The van der Waals surface area contributed by atoms with Crippen molar-refractivity contribution < 1.29 is 4.79 Å². The maximum atomic E-state index is 12.5. The molecule has 0 saturated heterocycles. The van der Waals surface area contributed by atoms with Gasteiger partial charge in [-0.15, -0.1) is 0 Å². The van der Waals surface area contributed by atoms with Crippen LogP contribution >= 0.6 is 0 Å². The van der Waals surface area contributed by atoms with Crippen LogP contribution in [-0.2, 0) is 13.1 Å². The van der Waals surface area contributed by atoms with E-state index in [1.807, 2.05) is 30.3 Å². The third-order valence-electron chi connectivity index (χ3n) is 3.73. The summed E-state index contributed by atoms with van der Waals surface area (Å²) in [6, 6.07) is 9.72. The highest BCUT2D eigenvalue weighted by Crippen LogP contribution is 2.27. The molecule has 0 spiro atoms. The number of benzene rings is 1. The molecule has 2 aromatic heterocycles. The topological polar surface area (TPSA) is 90.8 Å². The summed E-state index contributed by atoms with van der Waals surface area (Å²) in [4.78, 5) is 17.4. The number of fused-ring (bicyclic) bond motifs is 2. The molecule has 0 bridgehead atoms. The Kier molecular flexibility index (Phi) is 2.14. The number of anilines is 1. The van der Waals surface area contributed by atoms with E-state index in [-0.39, 0.29) is 5.91 Å². The van der Waals surface area contributed by atoms with Crippen molar-refractivity contribution in [2.45, 2.75) is 13.1 Å². The van der Waals surface area contributed by atoms with Gasteiger partial charge >= 0.3 is 0 Å². The first-order valence-corrected chi connectivity index (χ1v) is 6.41. The molecule has 0 fully saturated rings. The number of carbonyl (C=O) groups excluding carboxylic acids is 1. The first-order chi connectivity index (χ1) is 9.72. The molecule has 0 radical (unpaired) electrons. The number of nitrogen functional groups attached to an aromatic ring is 1. The van der Waals surface area contributed by atoms with Crippen molar-refractivity contribution in [3.63, 3.8) is 0 Å². The predicted molar refractivity (Wildman–Crippen MR) is 74.9 cm³/mol. The van der Waals surface area contributed by atoms with Gasteiger partial charge < -0.3 is 15.6 Å². The van der Waals surface area contributed by atoms with Crippen LogP contribution in [0, 0.1) is 0 Å². The van der Waals surface area contributed by atoms with Crippen LogP contribution in [-0.4, -0.2) is 26.0 Å². The summed E-state index contributed by atoms with van der Waals surface area (Å²) < 4.78 is 0. The lowest BCUT2D eigenvalue weighted by Gasteiger charge is -2.14. The van der Waals surface area contributed by atoms with Crippen LogP contribution in [0.5, 0.6) is 0 Å². The summed E-state index contributed by atoms with van der Waals surface area (Å²) >= 11 is 0. The van der Waals surface area contributed by atoms with E-state index in [1.54, 1.807) is 4.90 Å². The second-order valence-corrected chi connectivity index (χ2v) is 5.00. The lowest BCUT2D eigenvalue weighted by molar-refractivity contribution is 0.0745. The summed E-state index contributed by atoms with van der Waals surface area (Å²) in [5, 5.41) is 7.85. The Balaban J connectivity index is 1.65. The number of nitrogens with one attached hydrogen (secondary N) is 2. The summed E-state index contributed by atoms with van der Waals surface area (Å²) in [5.74, 6) is 0.456. The number of amides is 1. The number of hydrogen-bond acceptors (Lipinski definition) is 3. The minimum Gasteiger partial charge on any atom is -0.382 e. The summed E-state index contributed by atoms with van der Waals surface area (Å²) in [7, 11) is 0. The number of carbonyl (C=O) groups is 1. The molecule has 4 rings (SSSR count). The summed E-state index contributed by atoms with van der Waals surface area (Å²) in [5.41, 5.74) is 9.18. The zero-order chi connectivity index (χ0) is 13.7. The monoisotopic (exact) mass is 267 g/mol. The zero-order valence-electron chi connectivity index (χ0n) is 10.7. The molecule has 6 heteroatoms. The molecule has 20 heavy (non-hydrogen) atoms. The number of para-hydroxylation sites is 1. The average molecular weight is 267 g/mol. The molecule has 1 aliphatic rings. The SMILES string of the molecule is Nc1n[nH]c2c1CN(C(=O)c1cc3ccccc3[nH]1)C2. The molecule has 100 valence electrons. The number of nitrogens with zero attached hydrogens (tertiary/aromatic N) is 2. The van der Waals surface area contributed by atoms with Gasteiger partial charge in [0.25, 0.3) is 5.91 Å². The Morgan fingerprint density at radius 2 is 2.15 bits per heavy atom. The number of aromatic amines is 2. The fourth-order valence-corrected chi connectivity index (χ4v) is 2.66. The van der Waals surface area contributed by atoms with Crippen LogP contribution in [0.1, 0.15) is 21.7 Å². The quantitative estimate of drug-likeness (QED) is 0.625. The molecule has 0 aliphatic carbocycles. The standard InChI is InChI=1S/C14H13N5O/c15-13-9-6-19(7-12(9)17-18-13)14(20)11-5-8-3-1-2-4-10(8)16-11/h1-5,16H,6-7H2,(H3,15,17,18). The third-order valence-corrected chi connectivity index (χ3v) is 3.73. The van der Waals surface area contributed by atoms with Crippen molar-refractivity contribution in [3.05, 3.63) is 47.3 Å². The van der Waals surface area contributed by atoms with E-state index >= 15 is 0 Å². The molecule has 0 atom stereocenters. The molecule has 4 N–H and O–H groups in total. The van der Waals surface area contributed by atoms with E-state index in [1.165, 1.54) is 0 Å². The van der Waals surface area contributed by atoms with Gasteiger partial charge in [0, 0.05) is 16.5 Å². The smallest absolute Gasteiger partial charge is 0.270 e. The van der Waals surface area contributed by atoms with Gasteiger partial charge in [-0.25, -0.2) is 0 Å². The lowest BCUT2D eigenvalue weighted by Crippen LogP contribution is -2.26. The Morgan fingerprint density at radius 1 is 1.30 bits per heavy atom. The van der Waals surface area contributed by atoms with Crippen LogP contribution in [0.4, 0.5) is 5.82 Å². The highest BCUT2D eigenvalue weighted by atomic mass is 16.2. The van der Waals surface area contributed by atoms with Crippen molar-refractivity contribution in [2.24, 2.45) is 0 Å². The van der Waals surface area contributed by atoms with Crippen molar-refractivity contribution in [2.75, 3.05) is 5.73 Å². The number of aromatic nitrogens is 3. The van der Waals surface area contributed by atoms with Gasteiger partial charge in [0.2, 0.25) is 0 Å².